The molecule has 0 radical (unpaired) electrons. The summed E-state index contributed by atoms with van der Waals surface area (Å²) >= 11 is 0. The number of amides is 1. The molecule has 0 spiro atoms. The van der Waals surface area contributed by atoms with Gasteiger partial charge >= 0.3 is 6.18 Å². The summed E-state index contributed by atoms with van der Waals surface area (Å²) in [5.74, 6) is -0.300. The normalized spacial score (nSPS) is 12.1. The SMILES string of the molecule is CC(C)(C)NC(=O)CNc1cccc(C(F)(F)F)n1. The standard InChI is InChI=1S/C12H16F3N3O/c1-11(2,3)18-10(19)7-16-9-6-4-5-8(17-9)12(13,14)15/h4-6H,7H2,1-3H3,(H,16,17)(H,18,19). The molecule has 0 unspecified atom stereocenters. The van der Waals surface area contributed by atoms with E-state index in [1.165, 1.54) is 12.1 Å². The fraction of sp³-hybridized carbons (Fsp3) is 0.500. The molecule has 0 atom stereocenters. The molecule has 0 aliphatic carbocycles. The van der Waals surface area contributed by atoms with Gasteiger partial charge in [0.1, 0.15) is 11.5 Å². The Hall–Kier alpha value is -1.79. The lowest BCUT2D eigenvalue weighted by atomic mass is 10.1. The maximum Gasteiger partial charge on any atom is 0.433 e. The number of nitrogens with zero attached hydrogens (tertiary/aromatic N) is 1. The quantitative estimate of drug-likeness (QED) is 0.890. The molecule has 2 N–H and O–H groups in total. The summed E-state index contributed by atoms with van der Waals surface area (Å²) in [6, 6.07) is 3.49. The Bertz CT molecular complexity index is 452. The van der Waals surface area contributed by atoms with E-state index in [0.29, 0.717) is 0 Å². The van der Waals surface area contributed by atoms with Crippen LogP contribution in [0.1, 0.15) is 26.5 Å². The third kappa shape index (κ3) is 5.58. The lowest BCUT2D eigenvalue weighted by Gasteiger charge is -2.20. The maximum atomic E-state index is 12.4. The van der Waals surface area contributed by atoms with Crippen LogP contribution >= 0.6 is 0 Å². The van der Waals surface area contributed by atoms with Gasteiger partial charge in [-0.1, -0.05) is 6.07 Å². The van der Waals surface area contributed by atoms with E-state index in [-0.39, 0.29) is 23.8 Å². The van der Waals surface area contributed by atoms with Gasteiger partial charge in [-0.2, -0.15) is 13.2 Å². The van der Waals surface area contributed by atoms with Crippen LogP contribution in [0, 0.1) is 0 Å². The summed E-state index contributed by atoms with van der Waals surface area (Å²) in [4.78, 5) is 14.9. The molecule has 1 aromatic rings. The van der Waals surface area contributed by atoms with Crippen molar-refractivity contribution in [2.75, 3.05) is 11.9 Å². The van der Waals surface area contributed by atoms with Crippen molar-refractivity contribution in [1.82, 2.24) is 10.3 Å². The smallest absolute Gasteiger partial charge is 0.361 e. The van der Waals surface area contributed by atoms with E-state index < -0.39 is 11.9 Å². The molecule has 0 aliphatic heterocycles. The number of nitrogens with one attached hydrogen (secondary N) is 2. The first kappa shape index (κ1) is 15.3. The molecule has 1 aromatic heterocycles. The first-order valence-electron chi connectivity index (χ1n) is 5.67. The Morgan fingerprint density at radius 2 is 1.89 bits per heavy atom. The molecule has 0 saturated carbocycles. The Morgan fingerprint density at radius 3 is 2.42 bits per heavy atom. The van der Waals surface area contributed by atoms with Crippen molar-refractivity contribution in [2.45, 2.75) is 32.5 Å². The lowest BCUT2D eigenvalue weighted by molar-refractivity contribution is -0.141. The van der Waals surface area contributed by atoms with Gasteiger partial charge in [-0.3, -0.25) is 4.79 Å². The zero-order valence-electron chi connectivity index (χ0n) is 10.9. The van der Waals surface area contributed by atoms with Gasteiger partial charge < -0.3 is 10.6 Å². The molecule has 0 saturated heterocycles. The molecule has 0 aliphatic rings. The molecule has 0 bridgehead atoms. The highest BCUT2D eigenvalue weighted by Gasteiger charge is 2.32. The van der Waals surface area contributed by atoms with E-state index in [9.17, 15) is 18.0 Å². The zero-order valence-corrected chi connectivity index (χ0v) is 10.9. The minimum Gasteiger partial charge on any atom is -0.361 e. The van der Waals surface area contributed by atoms with Gasteiger partial charge in [0, 0.05) is 5.54 Å². The minimum atomic E-state index is -4.49. The van der Waals surface area contributed by atoms with Crippen molar-refractivity contribution < 1.29 is 18.0 Å². The molecule has 1 heterocycles. The van der Waals surface area contributed by atoms with Crippen molar-refractivity contribution in [2.24, 2.45) is 0 Å². The summed E-state index contributed by atoms with van der Waals surface area (Å²) in [6.45, 7) is 5.31. The number of rotatable bonds is 3. The Kier molecular flexibility index (Phi) is 4.39. The topological polar surface area (TPSA) is 54.0 Å². The van der Waals surface area contributed by atoms with Crippen LogP contribution in [-0.4, -0.2) is 23.0 Å². The average Bonchev–Trinajstić information content (AvgIpc) is 2.23. The van der Waals surface area contributed by atoms with Crippen LogP contribution in [-0.2, 0) is 11.0 Å². The lowest BCUT2D eigenvalue weighted by Crippen LogP contribution is -2.43. The first-order valence-corrected chi connectivity index (χ1v) is 5.67. The predicted octanol–water partition coefficient (Wildman–Crippen LogP) is 2.43. The monoisotopic (exact) mass is 275 g/mol. The predicted molar refractivity (Wildman–Crippen MR) is 65.6 cm³/mol. The Labute approximate surface area is 109 Å². The molecule has 19 heavy (non-hydrogen) atoms. The van der Waals surface area contributed by atoms with Gasteiger partial charge in [-0.25, -0.2) is 4.98 Å². The van der Waals surface area contributed by atoms with E-state index in [2.05, 4.69) is 15.6 Å². The van der Waals surface area contributed by atoms with Crippen molar-refractivity contribution in [3.63, 3.8) is 0 Å². The largest absolute Gasteiger partial charge is 0.433 e. The van der Waals surface area contributed by atoms with E-state index in [4.69, 9.17) is 0 Å². The van der Waals surface area contributed by atoms with Crippen LogP contribution in [0.25, 0.3) is 0 Å². The van der Waals surface area contributed by atoms with E-state index in [1.807, 2.05) is 20.8 Å². The summed E-state index contributed by atoms with van der Waals surface area (Å²) in [7, 11) is 0. The van der Waals surface area contributed by atoms with Gasteiger partial charge in [0.05, 0.1) is 6.54 Å². The molecule has 1 amide bonds. The van der Waals surface area contributed by atoms with Gasteiger partial charge in [0.25, 0.3) is 0 Å². The molecule has 1 rings (SSSR count). The third-order valence-corrected chi connectivity index (χ3v) is 1.98. The third-order valence-electron chi connectivity index (χ3n) is 1.98. The number of halogens is 3. The summed E-state index contributed by atoms with van der Waals surface area (Å²) in [5, 5.41) is 5.24. The second-order valence-electron chi connectivity index (χ2n) is 5.06. The highest BCUT2D eigenvalue weighted by atomic mass is 19.4. The molecule has 0 fully saturated rings. The maximum absolute atomic E-state index is 12.4. The van der Waals surface area contributed by atoms with Gasteiger partial charge in [0.2, 0.25) is 5.91 Å². The van der Waals surface area contributed by atoms with Crippen LogP contribution in [0.3, 0.4) is 0 Å². The van der Waals surface area contributed by atoms with Crippen molar-refractivity contribution in [3.8, 4) is 0 Å². The van der Waals surface area contributed by atoms with Crippen LogP contribution in [0.4, 0.5) is 19.0 Å². The van der Waals surface area contributed by atoms with Crippen LogP contribution in [0.5, 0.6) is 0 Å². The number of hydrogen-bond acceptors (Lipinski definition) is 3. The first-order chi connectivity index (χ1) is 8.58. The number of hydrogen-bond donors (Lipinski definition) is 2. The molecule has 4 nitrogen and oxygen atoms in total. The second kappa shape index (κ2) is 5.46. The Morgan fingerprint density at radius 1 is 1.26 bits per heavy atom. The fourth-order valence-corrected chi connectivity index (χ4v) is 1.32. The number of aromatic nitrogens is 1. The van der Waals surface area contributed by atoms with E-state index >= 15 is 0 Å². The highest BCUT2D eigenvalue weighted by molar-refractivity contribution is 5.81. The number of pyridine rings is 1. The van der Waals surface area contributed by atoms with Gasteiger partial charge in [-0.15, -0.1) is 0 Å². The van der Waals surface area contributed by atoms with Crippen LogP contribution < -0.4 is 10.6 Å². The van der Waals surface area contributed by atoms with Gasteiger partial charge in [0.15, 0.2) is 0 Å². The van der Waals surface area contributed by atoms with E-state index in [1.54, 1.807) is 0 Å². The molecule has 106 valence electrons. The average molecular weight is 275 g/mol. The summed E-state index contributed by atoms with van der Waals surface area (Å²) < 4.78 is 37.3. The van der Waals surface area contributed by atoms with Crippen LogP contribution in [0.15, 0.2) is 18.2 Å². The number of alkyl halides is 3. The van der Waals surface area contributed by atoms with Gasteiger partial charge in [-0.05, 0) is 32.9 Å². The summed E-state index contributed by atoms with van der Waals surface area (Å²) in [6.07, 6.45) is -4.49. The second-order valence-corrected chi connectivity index (χ2v) is 5.06. The molecule has 0 aromatic carbocycles. The number of anilines is 1. The number of carbonyl (C=O) groups is 1. The van der Waals surface area contributed by atoms with Crippen LogP contribution in [0.2, 0.25) is 0 Å². The Balaban J connectivity index is 2.62. The minimum absolute atomic E-state index is 0.0129. The van der Waals surface area contributed by atoms with E-state index in [0.717, 1.165) is 6.07 Å². The molecule has 7 heteroatoms. The molecular formula is C12H16F3N3O. The molecular weight excluding hydrogens is 259 g/mol. The zero-order chi connectivity index (χ0) is 14.7. The highest BCUT2D eigenvalue weighted by Crippen LogP contribution is 2.27. The van der Waals surface area contributed by atoms with Crippen molar-refractivity contribution >= 4 is 11.7 Å². The summed E-state index contributed by atoms with van der Waals surface area (Å²) in [5.41, 5.74) is -1.38. The van der Waals surface area contributed by atoms with Crippen molar-refractivity contribution in [1.29, 1.82) is 0 Å². The fourth-order valence-electron chi connectivity index (χ4n) is 1.32. The number of carbonyl (C=O) groups excluding carboxylic acids is 1. The van der Waals surface area contributed by atoms with Crippen molar-refractivity contribution in [3.05, 3.63) is 23.9 Å².